The maximum atomic E-state index is 12.9. The van der Waals surface area contributed by atoms with Crippen LogP contribution < -0.4 is 5.32 Å². The van der Waals surface area contributed by atoms with Crippen molar-refractivity contribution in [2.75, 3.05) is 6.54 Å². The molecule has 0 amide bonds. The topological polar surface area (TPSA) is 12.0 Å². The molecule has 1 aromatic carbocycles. The van der Waals surface area contributed by atoms with Crippen molar-refractivity contribution in [3.05, 3.63) is 35.6 Å². The monoisotopic (exact) mass is 235 g/mol. The van der Waals surface area contributed by atoms with Crippen molar-refractivity contribution < 1.29 is 4.39 Å². The summed E-state index contributed by atoms with van der Waals surface area (Å²) in [5.74, 6) is 0.466. The first-order valence-electron chi connectivity index (χ1n) is 6.78. The standard InChI is InChI=1S/C15H22FN/c1-2-17-15-6-4-3-5-13(11-15)12-7-9-14(16)10-8-12/h7-10,13,15,17H,2-6,11H2,1H3. The second kappa shape index (κ2) is 6.15. The van der Waals surface area contributed by atoms with Gasteiger partial charge in [0.25, 0.3) is 0 Å². The first kappa shape index (κ1) is 12.6. The summed E-state index contributed by atoms with van der Waals surface area (Å²) in [5.41, 5.74) is 1.30. The zero-order valence-electron chi connectivity index (χ0n) is 10.6. The largest absolute Gasteiger partial charge is 0.314 e. The Kier molecular flexibility index (Phi) is 4.55. The molecule has 2 rings (SSSR count). The maximum absolute atomic E-state index is 12.9. The highest BCUT2D eigenvalue weighted by Crippen LogP contribution is 2.31. The van der Waals surface area contributed by atoms with Crippen LogP contribution in [0.15, 0.2) is 24.3 Å². The van der Waals surface area contributed by atoms with Gasteiger partial charge in [0.1, 0.15) is 5.82 Å². The molecular formula is C15H22FN. The van der Waals surface area contributed by atoms with Gasteiger partial charge in [-0.25, -0.2) is 4.39 Å². The molecule has 1 nitrogen and oxygen atoms in total. The highest BCUT2D eigenvalue weighted by molar-refractivity contribution is 5.21. The maximum Gasteiger partial charge on any atom is 0.123 e. The van der Waals surface area contributed by atoms with Crippen LogP contribution in [0.4, 0.5) is 4.39 Å². The highest BCUT2D eigenvalue weighted by atomic mass is 19.1. The van der Waals surface area contributed by atoms with Crippen molar-refractivity contribution in [2.24, 2.45) is 0 Å². The Balaban J connectivity index is 2.05. The Bertz CT molecular complexity index is 333. The molecule has 0 bridgehead atoms. The van der Waals surface area contributed by atoms with E-state index in [0.29, 0.717) is 12.0 Å². The van der Waals surface area contributed by atoms with Crippen molar-refractivity contribution in [1.29, 1.82) is 0 Å². The Morgan fingerprint density at radius 3 is 2.59 bits per heavy atom. The molecule has 1 aromatic rings. The van der Waals surface area contributed by atoms with E-state index in [2.05, 4.69) is 12.2 Å². The van der Waals surface area contributed by atoms with Gasteiger partial charge >= 0.3 is 0 Å². The van der Waals surface area contributed by atoms with Crippen LogP contribution in [0.3, 0.4) is 0 Å². The van der Waals surface area contributed by atoms with Gasteiger partial charge in [-0.05, 0) is 49.4 Å². The molecule has 17 heavy (non-hydrogen) atoms. The molecule has 0 heterocycles. The molecule has 2 heteroatoms. The molecule has 0 aliphatic heterocycles. The highest BCUT2D eigenvalue weighted by Gasteiger charge is 2.20. The van der Waals surface area contributed by atoms with E-state index in [1.165, 1.54) is 37.7 Å². The van der Waals surface area contributed by atoms with Crippen molar-refractivity contribution in [1.82, 2.24) is 5.32 Å². The minimum atomic E-state index is -0.134. The van der Waals surface area contributed by atoms with Crippen LogP contribution in [-0.4, -0.2) is 12.6 Å². The van der Waals surface area contributed by atoms with Gasteiger partial charge in [-0.1, -0.05) is 31.9 Å². The number of halogens is 1. The first-order chi connectivity index (χ1) is 8.29. The van der Waals surface area contributed by atoms with E-state index in [9.17, 15) is 4.39 Å². The van der Waals surface area contributed by atoms with Gasteiger partial charge < -0.3 is 5.32 Å². The zero-order valence-corrected chi connectivity index (χ0v) is 10.6. The quantitative estimate of drug-likeness (QED) is 0.785. The van der Waals surface area contributed by atoms with Crippen LogP contribution >= 0.6 is 0 Å². The summed E-state index contributed by atoms with van der Waals surface area (Å²) < 4.78 is 12.9. The minimum absolute atomic E-state index is 0.134. The second-order valence-corrected chi connectivity index (χ2v) is 5.02. The van der Waals surface area contributed by atoms with Crippen LogP contribution in [0.2, 0.25) is 0 Å². The van der Waals surface area contributed by atoms with Gasteiger partial charge in [0.05, 0.1) is 0 Å². The van der Waals surface area contributed by atoms with Crippen LogP contribution in [0.25, 0.3) is 0 Å². The molecule has 2 unspecified atom stereocenters. The van der Waals surface area contributed by atoms with E-state index in [1.807, 2.05) is 12.1 Å². The molecule has 1 aliphatic rings. The van der Waals surface area contributed by atoms with E-state index in [1.54, 1.807) is 12.1 Å². The van der Waals surface area contributed by atoms with Gasteiger partial charge in [0.15, 0.2) is 0 Å². The van der Waals surface area contributed by atoms with E-state index in [4.69, 9.17) is 0 Å². The minimum Gasteiger partial charge on any atom is -0.314 e. The SMILES string of the molecule is CCNC1CCCCC(c2ccc(F)cc2)C1. The molecular weight excluding hydrogens is 213 g/mol. The average molecular weight is 235 g/mol. The lowest BCUT2D eigenvalue weighted by Gasteiger charge is -2.21. The summed E-state index contributed by atoms with van der Waals surface area (Å²) in [6, 6.07) is 7.71. The van der Waals surface area contributed by atoms with E-state index >= 15 is 0 Å². The molecule has 0 radical (unpaired) electrons. The predicted octanol–water partition coefficient (Wildman–Crippen LogP) is 3.85. The van der Waals surface area contributed by atoms with Crippen molar-refractivity contribution in [3.8, 4) is 0 Å². The average Bonchev–Trinajstić information content (AvgIpc) is 2.56. The van der Waals surface area contributed by atoms with Gasteiger partial charge in [0, 0.05) is 6.04 Å². The number of hydrogen-bond acceptors (Lipinski definition) is 1. The fourth-order valence-corrected chi connectivity index (χ4v) is 2.87. The van der Waals surface area contributed by atoms with Gasteiger partial charge in [0.2, 0.25) is 0 Å². The normalized spacial score (nSPS) is 25.5. The molecule has 0 spiro atoms. The molecule has 0 saturated heterocycles. The molecule has 2 atom stereocenters. The lowest BCUT2D eigenvalue weighted by Crippen LogP contribution is -2.29. The second-order valence-electron chi connectivity index (χ2n) is 5.02. The number of hydrogen-bond donors (Lipinski definition) is 1. The van der Waals surface area contributed by atoms with E-state index < -0.39 is 0 Å². The Morgan fingerprint density at radius 2 is 1.88 bits per heavy atom. The van der Waals surface area contributed by atoms with Crippen molar-refractivity contribution in [2.45, 2.75) is 51.0 Å². The van der Waals surface area contributed by atoms with Gasteiger partial charge in [-0.15, -0.1) is 0 Å². The summed E-state index contributed by atoms with van der Waals surface area (Å²) in [4.78, 5) is 0. The number of nitrogens with one attached hydrogen (secondary N) is 1. The third-order valence-corrected chi connectivity index (χ3v) is 3.76. The first-order valence-corrected chi connectivity index (χ1v) is 6.78. The summed E-state index contributed by atoms with van der Waals surface area (Å²) >= 11 is 0. The Labute approximate surface area is 103 Å². The molecule has 94 valence electrons. The van der Waals surface area contributed by atoms with Gasteiger partial charge in [-0.3, -0.25) is 0 Å². The Morgan fingerprint density at radius 1 is 1.18 bits per heavy atom. The fourth-order valence-electron chi connectivity index (χ4n) is 2.87. The van der Waals surface area contributed by atoms with Crippen LogP contribution in [0, 0.1) is 5.82 Å². The van der Waals surface area contributed by atoms with Crippen LogP contribution in [-0.2, 0) is 0 Å². The van der Waals surface area contributed by atoms with Crippen molar-refractivity contribution in [3.63, 3.8) is 0 Å². The van der Waals surface area contributed by atoms with Crippen molar-refractivity contribution >= 4 is 0 Å². The third-order valence-electron chi connectivity index (χ3n) is 3.76. The van der Waals surface area contributed by atoms with E-state index in [0.717, 1.165) is 6.54 Å². The lowest BCUT2D eigenvalue weighted by molar-refractivity contribution is 0.449. The zero-order chi connectivity index (χ0) is 12.1. The fraction of sp³-hybridized carbons (Fsp3) is 0.600. The lowest BCUT2D eigenvalue weighted by atomic mass is 9.90. The summed E-state index contributed by atoms with van der Waals surface area (Å²) in [6.45, 7) is 3.21. The number of rotatable bonds is 3. The third kappa shape index (κ3) is 3.53. The number of benzene rings is 1. The van der Waals surface area contributed by atoms with Gasteiger partial charge in [-0.2, -0.15) is 0 Å². The summed E-state index contributed by atoms with van der Waals surface area (Å²) in [7, 11) is 0. The smallest absolute Gasteiger partial charge is 0.123 e. The molecule has 1 saturated carbocycles. The Hall–Kier alpha value is -0.890. The summed E-state index contributed by atoms with van der Waals surface area (Å²) in [6.07, 6.45) is 6.33. The van der Waals surface area contributed by atoms with Crippen LogP contribution in [0.1, 0.15) is 50.5 Å². The van der Waals surface area contributed by atoms with Crippen LogP contribution in [0.5, 0.6) is 0 Å². The molecule has 0 aromatic heterocycles. The predicted molar refractivity (Wildman–Crippen MR) is 69.7 cm³/mol. The molecule has 1 N–H and O–H groups in total. The van der Waals surface area contributed by atoms with E-state index in [-0.39, 0.29) is 5.82 Å². The molecule has 1 fully saturated rings. The summed E-state index contributed by atoms with van der Waals surface area (Å²) in [5, 5.41) is 3.56. The molecule has 1 aliphatic carbocycles.